The summed E-state index contributed by atoms with van der Waals surface area (Å²) in [7, 11) is 0. The highest BCUT2D eigenvalue weighted by atomic mass is 32.1. The van der Waals surface area contributed by atoms with Crippen LogP contribution >= 0.6 is 11.3 Å². The van der Waals surface area contributed by atoms with Gasteiger partial charge in [0.25, 0.3) is 0 Å². The predicted octanol–water partition coefficient (Wildman–Crippen LogP) is 1.22. The minimum atomic E-state index is -1.09. The molecular formula is C7H7NO3S. The fourth-order valence-corrected chi connectivity index (χ4v) is 1.57. The molecule has 0 amide bonds. The van der Waals surface area contributed by atoms with Crippen molar-refractivity contribution in [1.82, 2.24) is 4.98 Å². The van der Waals surface area contributed by atoms with Crippen LogP contribution in [0.15, 0.2) is 0 Å². The molecule has 0 bridgehead atoms. The minimum Gasteiger partial charge on any atom is -0.477 e. The van der Waals surface area contributed by atoms with Gasteiger partial charge in [-0.25, -0.2) is 9.78 Å². The van der Waals surface area contributed by atoms with Gasteiger partial charge in [0.1, 0.15) is 10.6 Å². The molecule has 0 spiro atoms. The monoisotopic (exact) mass is 185 g/mol. The number of carboxylic acid groups (broad SMARTS) is 1. The van der Waals surface area contributed by atoms with Crippen molar-refractivity contribution in [2.45, 2.75) is 13.3 Å². The second-order valence-electron chi connectivity index (χ2n) is 2.10. The summed E-state index contributed by atoms with van der Waals surface area (Å²) in [4.78, 5) is 24.7. The van der Waals surface area contributed by atoms with Crippen LogP contribution in [0, 0.1) is 0 Å². The number of hydrogen-bond donors (Lipinski definition) is 1. The molecule has 0 aliphatic rings. The van der Waals surface area contributed by atoms with E-state index in [1.54, 1.807) is 0 Å². The van der Waals surface area contributed by atoms with Crippen molar-refractivity contribution < 1.29 is 14.7 Å². The Morgan fingerprint density at radius 3 is 2.75 bits per heavy atom. The van der Waals surface area contributed by atoms with E-state index in [1.165, 1.54) is 0 Å². The molecule has 64 valence electrons. The number of carbonyl (C=O) groups excluding carboxylic acids is 1. The molecule has 5 heteroatoms. The zero-order valence-corrected chi connectivity index (χ0v) is 7.22. The second kappa shape index (κ2) is 3.44. The number of rotatable bonds is 3. The van der Waals surface area contributed by atoms with E-state index in [9.17, 15) is 9.59 Å². The molecule has 0 atom stereocenters. The van der Waals surface area contributed by atoms with Crippen LogP contribution in [-0.2, 0) is 6.42 Å². The van der Waals surface area contributed by atoms with Crippen molar-refractivity contribution in [3.8, 4) is 0 Å². The van der Waals surface area contributed by atoms with Crippen LogP contribution < -0.4 is 0 Å². The van der Waals surface area contributed by atoms with Gasteiger partial charge in [-0.3, -0.25) is 4.79 Å². The van der Waals surface area contributed by atoms with E-state index in [4.69, 9.17) is 5.11 Å². The van der Waals surface area contributed by atoms with Crippen molar-refractivity contribution in [3.05, 3.63) is 15.6 Å². The maximum atomic E-state index is 10.5. The van der Waals surface area contributed by atoms with Crippen molar-refractivity contribution >= 4 is 23.6 Å². The van der Waals surface area contributed by atoms with Crippen molar-refractivity contribution in [2.75, 3.05) is 0 Å². The molecule has 1 aromatic rings. The van der Waals surface area contributed by atoms with E-state index in [2.05, 4.69) is 4.98 Å². The smallest absolute Gasteiger partial charge is 0.348 e. The summed E-state index contributed by atoms with van der Waals surface area (Å²) in [6.07, 6.45) is 1.12. The SMILES string of the molecule is CCc1nc(C=O)c(C(=O)O)s1. The molecule has 0 saturated carbocycles. The Morgan fingerprint density at radius 2 is 2.42 bits per heavy atom. The largest absolute Gasteiger partial charge is 0.477 e. The highest BCUT2D eigenvalue weighted by molar-refractivity contribution is 7.13. The molecule has 1 heterocycles. The van der Waals surface area contributed by atoms with Gasteiger partial charge in [-0.05, 0) is 6.42 Å². The van der Waals surface area contributed by atoms with Crippen LogP contribution in [0.3, 0.4) is 0 Å². The fraction of sp³-hybridized carbons (Fsp3) is 0.286. The van der Waals surface area contributed by atoms with Crippen molar-refractivity contribution in [2.24, 2.45) is 0 Å². The van der Waals surface area contributed by atoms with Gasteiger partial charge in [0, 0.05) is 0 Å². The van der Waals surface area contributed by atoms with Crippen LogP contribution in [0.1, 0.15) is 32.1 Å². The zero-order chi connectivity index (χ0) is 9.14. The summed E-state index contributed by atoms with van der Waals surface area (Å²) in [5.74, 6) is -1.09. The molecule has 0 aliphatic heterocycles. The lowest BCUT2D eigenvalue weighted by Crippen LogP contribution is -1.97. The second-order valence-corrected chi connectivity index (χ2v) is 3.18. The Bertz CT molecular complexity index is 318. The van der Waals surface area contributed by atoms with Gasteiger partial charge in [-0.1, -0.05) is 6.92 Å². The van der Waals surface area contributed by atoms with Crippen LogP contribution in [0.25, 0.3) is 0 Å². The molecule has 0 unspecified atom stereocenters. The molecule has 0 aliphatic carbocycles. The highest BCUT2D eigenvalue weighted by Crippen LogP contribution is 2.17. The van der Waals surface area contributed by atoms with E-state index in [-0.39, 0.29) is 10.6 Å². The first-order valence-electron chi connectivity index (χ1n) is 3.37. The molecule has 1 rings (SSSR count). The maximum Gasteiger partial charge on any atom is 0.348 e. The van der Waals surface area contributed by atoms with Gasteiger partial charge < -0.3 is 5.11 Å². The molecular weight excluding hydrogens is 178 g/mol. The number of aldehydes is 1. The van der Waals surface area contributed by atoms with E-state index in [0.29, 0.717) is 17.7 Å². The van der Waals surface area contributed by atoms with E-state index < -0.39 is 5.97 Å². The topological polar surface area (TPSA) is 67.3 Å². The van der Waals surface area contributed by atoms with Gasteiger partial charge in [-0.15, -0.1) is 11.3 Å². The van der Waals surface area contributed by atoms with Crippen molar-refractivity contribution in [1.29, 1.82) is 0 Å². The normalized spacial score (nSPS) is 9.75. The first-order valence-corrected chi connectivity index (χ1v) is 4.18. The minimum absolute atomic E-state index is 0.0295. The highest BCUT2D eigenvalue weighted by Gasteiger charge is 2.15. The summed E-state index contributed by atoms with van der Waals surface area (Å²) in [6, 6.07) is 0. The third-order valence-electron chi connectivity index (χ3n) is 1.31. The lowest BCUT2D eigenvalue weighted by atomic mass is 10.4. The van der Waals surface area contributed by atoms with Crippen molar-refractivity contribution in [3.63, 3.8) is 0 Å². The summed E-state index contributed by atoms with van der Waals surface area (Å²) in [5, 5.41) is 9.29. The molecule has 0 saturated heterocycles. The Balaban J connectivity index is 3.16. The third-order valence-corrected chi connectivity index (χ3v) is 2.51. The lowest BCUT2D eigenvalue weighted by molar-refractivity contribution is 0.0699. The Hall–Kier alpha value is -1.23. The van der Waals surface area contributed by atoms with Crippen LogP contribution in [0.4, 0.5) is 0 Å². The quantitative estimate of drug-likeness (QED) is 0.719. The average Bonchev–Trinajstić information content (AvgIpc) is 2.47. The van der Waals surface area contributed by atoms with Gasteiger partial charge in [0.15, 0.2) is 6.29 Å². The number of aromatic nitrogens is 1. The van der Waals surface area contributed by atoms with Gasteiger partial charge in [0.2, 0.25) is 0 Å². The van der Waals surface area contributed by atoms with Gasteiger partial charge >= 0.3 is 5.97 Å². The summed E-state index contributed by atoms with van der Waals surface area (Å²) < 4.78 is 0. The number of thiazole rings is 1. The van der Waals surface area contributed by atoms with Gasteiger partial charge in [-0.2, -0.15) is 0 Å². The Kier molecular flexibility index (Phi) is 2.54. The zero-order valence-electron chi connectivity index (χ0n) is 6.40. The fourth-order valence-electron chi connectivity index (χ4n) is 0.762. The van der Waals surface area contributed by atoms with Crippen LogP contribution in [-0.4, -0.2) is 22.3 Å². The average molecular weight is 185 g/mol. The summed E-state index contributed by atoms with van der Waals surface area (Å²) >= 11 is 1.05. The predicted molar refractivity (Wildman–Crippen MR) is 43.8 cm³/mol. The molecule has 12 heavy (non-hydrogen) atoms. The van der Waals surface area contributed by atoms with E-state index in [1.807, 2.05) is 6.92 Å². The molecule has 4 nitrogen and oxygen atoms in total. The standard InChI is InChI=1S/C7H7NO3S/c1-2-5-8-4(3-9)6(12-5)7(10)11/h3H,2H2,1H3,(H,10,11). The van der Waals surface area contributed by atoms with Crippen LogP contribution in [0.5, 0.6) is 0 Å². The molecule has 1 aromatic heterocycles. The molecule has 1 N–H and O–H groups in total. The number of aryl methyl sites for hydroxylation is 1. The molecule has 0 aromatic carbocycles. The third kappa shape index (κ3) is 1.50. The first-order chi connectivity index (χ1) is 5.69. The number of carbonyl (C=O) groups is 2. The summed E-state index contributed by atoms with van der Waals surface area (Å²) in [5.41, 5.74) is 0.0318. The van der Waals surface area contributed by atoms with Crippen LogP contribution in [0.2, 0.25) is 0 Å². The summed E-state index contributed by atoms with van der Waals surface area (Å²) in [6.45, 7) is 1.86. The van der Waals surface area contributed by atoms with Gasteiger partial charge in [0.05, 0.1) is 5.01 Å². The molecule has 0 fully saturated rings. The Labute approximate surface area is 72.9 Å². The number of hydrogen-bond acceptors (Lipinski definition) is 4. The van der Waals surface area contributed by atoms with E-state index in [0.717, 1.165) is 11.3 Å². The Morgan fingerprint density at radius 1 is 1.75 bits per heavy atom. The first kappa shape index (κ1) is 8.86. The number of carboxylic acids is 1. The number of nitrogens with zero attached hydrogens (tertiary/aromatic N) is 1. The lowest BCUT2D eigenvalue weighted by Gasteiger charge is -1.83. The molecule has 0 radical (unpaired) electrons. The number of aromatic carboxylic acids is 1. The van der Waals surface area contributed by atoms with E-state index >= 15 is 0 Å². The maximum absolute atomic E-state index is 10.5.